The van der Waals surface area contributed by atoms with Gasteiger partial charge in [0.15, 0.2) is 6.29 Å². The first-order chi connectivity index (χ1) is 10.2. The van der Waals surface area contributed by atoms with Crippen LogP contribution in [0.15, 0.2) is 59.2 Å². The lowest BCUT2D eigenvalue weighted by molar-refractivity contribution is 0.111. The molecule has 0 radical (unpaired) electrons. The Morgan fingerprint density at radius 1 is 1.14 bits per heavy atom. The summed E-state index contributed by atoms with van der Waals surface area (Å²) in [5.74, 6) is 0.767. The van der Waals surface area contributed by atoms with Crippen LogP contribution in [0.5, 0.6) is 0 Å². The van der Waals surface area contributed by atoms with Crippen molar-refractivity contribution in [2.75, 3.05) is 0 Å². The lowest BCUT2D eigenvalue weighted by Gasteiger charge is -2.08. The Balaban J connectivity index is 2.18. The third kappa shape index (κ3) is 2.81. The number of aldehydes is 1. The monoisotopic (exact) mass is 340 g/mol. The van der Waals surface area contributed by atoms with E-state index >= 15 is 0 Å². The van der Waals surface area contributed by atoms with Gasteiger partial charge >= 0.3 is 0 Å². The molecule has 0 saturated carbocycles. The fraction of sp³-hybridized carbons (Fsp3) is 0.0588. The van der Waals surface area contributed by atoms with Gasteiger partial charge in [0, 0.05) is 21.9 Å². The molecular weight excluding hydrogens is 328 g/mol. The van der Waals surface area contributed by atoms with E-state index in [2.05, 4.69) is 27.0 Å². The van der Waals surface area contributed by atoms with Crippen molar-refractivity contribution in [2.45, 2.75) is 6.92 Å². The van der Waals surface area contributed by atoms with Crippen LogP contribution in [0, 0.1) is 6.92 Å². The van der Waals surface area contributed by atoms with E-state index in [4.69, 9.17) is 0 Å². The molecule has 0 saturated heterocycles. The van der Waals surface area contributed by atoms with Crippen LogP contribution in [0.25, 0.3) is 17.1 Å². The van der Waals surface area contributed by atoms with Crippen LogP contribution in [0.2, 0.25) is 0 Å². The normalized spacial score (nSPS) is 10.6. The quantitative estimate of drug-likeness (QED) is 0.661. The van der Waals surface area contributed by atoms with E-state index in [1.54, 1.807) is 6.20 Å². The van der Waals surface area contributed by atoms with Gasteiger partial charge in [0.2, 0.25) is 0 Å². The van der Waals surface area contributed by atoms with Gasteiger partial charge < -0.3 is 0 Å². The van der Waals surface area contributed by atoms with Crippen molar-refractivity contribution in [1.29, 1.82) is 0 Å². The van der Waals surface area contributed by atoms with Gasteiger partial charge in [0.25, 0.3) is 0 Å². The van der Waals surface area contributed by atoms with Crippen molar-refractivity contribution in [3.63, 3.8) is 0 Å². The van der Waals surface area contributed by atoms with Crippen LogP contribution in [0.1, 0.15) is 16.1 Å². The molecular formula is C17H13BrN2O. The van der Waals surface area contributed by atoms with Crippen molar-refractivity contribution in [2.24, 2.45) is 0 Å². The lowest BCUT2D eigenvalue weighted by atomic mass is 10.1. The predicted octanol–water partition coefficient (Wildman–Crippen LogP) is 4.42. The van der Waals surface area contributed by atoms with Crippen LogP contribution in [0.4, 0.5) is 0 Å². The smallest absolute Gasteiger partial charge is 0.170 e. The molecule has 1 aromatic heterocycles. The van der Waals surface area contributed by atoms with Crippen LogP contribution in [-0.4, -0.2) is 15.8 Å². The molecule has 3 aromatic rings. The van der Waals surface area contributed by atoms with Crippen molar-refractivity contribution in [1.82, 2.24) is 9.55 Å². The van der Waals surface area contributed by atoms with Crippen LogP contribution >= 0.6 is 15.9 Å². The Morgan fingerprint density at radius 3 is 2.57 bits per heavy atom. The predicted molar refractivity (Wildman–Crippen MR) is 86.8 cm³/mol. The average molecular weight is 341 g/mol. The molecule has 1 heterocycles. The van der Waals surface area contributed by atoms with Crippen molar-refractivity contribution >= 4 is 22.2 Å². The highest BCUT2D eigenvalue weighted by atomic mass is 79.9. The molecule has 2 aromatic carbocycles. The largest absolute Gasteiger partial charge is 0.299 e. The Hall–Kier alpha value is -2.20. The Labute approximate surface area is 131 Å². The number of imidazole rings is 1. The van der Waals surface area contributed by atoms with Gasteiger partial charge in [0.05, 0.1) is 0 Å². The summed E-state index contributed by atoms with van der Waals surface area (Å²) in [6.45, 7) is 2.04. The van der Waals surface area contributed by atoms with Gasteiger partial charge in [-0.3, -0.25) is 9.36 Å². The van der Waals surface area contributed by atoms with Gasteiger partial charge in [-0.25, -0.2) is 4.98 Å². The van der Waals surface area contributed by atoms with Gasteiger partial charge in [-0.15, -0.1) is 0 Å². The van der Waals surface area contributed by atoms with E-state index in [-0.39, 0.29) is 0 Å². The van der Waals surface area contributed by atoms with Crippen molar-refractivity contribution < 1.29 is 4.79 Å². The van der Waals surface area contributed by atoms with E-state index in [0.717, 1.165) is 33.4 Å². The molecule has 0 fully saturated rings. The Kier molecular flexibility index (Phi) is 3.71. The molecule has 21 heavy (non-hydrogen) atoms. The number of benzene rings is 2. The number of carbonyl (C=O) groups excluding carboxylic acids is 1. The molecule has 0 aliphatic rings. The molecule has 0 aliphatic carbocycles. The second kappa shape index (κ2) is 5.66. The maximum absolute atomic E-state index is 11.1. The molecule has 3 nitrogen and oxygen atoms in total. The first kappa shape index (κ1) is 13.8. The minimum Gasteiger partial charge on any atom is -0.299 e. The summed E-state index contributed by atoms with van der Waals surface area (Å²) in [6, 6.07) is 16.0. The number of rotatable bonds is 3. The third-order valence-corrected chi connectivity index (χ3v) is 3.76. The number of halogens is 1. The Morgan fingerprint density at radius 2 is 1.90 bits per heavy atom. The minimum atomic E-state index is 0.425. The summed E-state index contributed by atoms with van der Waals surface area (Å²) in [4.78, 5) is 15.5. The molecule has 3 rings (SSSR count). The zero-order valence-corrected chi connectivity index (χ0v) is 13.0. The fourth-order valence-electron chi connectivity index (χ4n) is 2.24. The summed E-state index contributed by atoms with van der Waals surface area (Å²) in [5.41, 5.74) is 3.54. The van der Waals surface area contributed by atoms with E-state index in [0.29, 0.717) is 5.69 Å². The van der Waals surface area contributed by atoms with Gasteiger partial charge in [-0.1, -0.05) is 39.7 Å². The van der Waals surface area contributed by atoms with Crippen molar-refractivity contribution in [3.8, 4) is 17.1 Å². The first-order valence-corrected chi connectivity index (χ1v) is 7.34. The number of hydrogen-bond donors (Lipinski definition) is 0. The number of nitrogens with zero attached hydrogens (tertiary/aromatic N) is 2. The van der Waals surface area contributed by atoms with Gasteiger partial charge in [0.1, 0.15) is 11.5 Å². The number of hydrogen-bond acceptors (Lipinski definition) is 2. The van der Waals surface area contributed by atoms with Crippen LogP contribution < -0.4 is 0 Å². The highest BCUT2D eigenvalue weighted by molar-refractivity contribution is 9.10. The molecule has 0 aliphatic heterocycles. The zero-order valence-electron chi connectivity index (χ0n) is 11.5. The average Bonchev–Trinajstić information content (AvgIpc) is 2.92. The molecule has 0 bridgehead atoms. The van der Waals surface area contributed by atoms with E-state index in [1.165, 1.54) is 0 Å². The van der Waals surface area contributed by atoms with Crippen LogP contribution in [0.3, 0.4) is 0 Å². The third-order valence-electron chi connectivity index (χ3n) is 3.23. The first-order valence-electron chi connectivity index (χ1n) is 6.55. The number of aromatic nitrogens is 2. The van der Waals surface area contributed by atoms with E-state index in [9.17, 15) is 4.79 Å². The van der Waals surface area contributed by atoms with Crippen molar-refractivity contribution in [3.05, 3.63) is 70.5 Å². The van der Waals surface area contributed by atoms with Crippen LogP contribution in [-0.2, 0) is 0 Å². The Bertz CT molecular complexity index is 791. The number of aryl methyl sites for hydroxylation is 1. The van der Waals surface area contributed by atoms with Gasteiger partial charge in [-0.05, 0) is 37.3 Å². The summed E-state index contributed by atoms with van der Waals surface area (Å²) >= 11 is 3.43. The van der Waals surface area contributed by atoms with E-state index < -0.39 is 0 Å². The highest BCUT2D eigenvalue weighted by Crippen LogP contribution is 2.24. The maximum atomic E-state index is 11.1. The summed E-state index contributed by atoms with van der Waals surface area (Å²) in [5, 5.41) is 0. The fourth-order valence-corrected chi connectivity index (χ4v) is 2.51. The lowest BCUT2D eigenvalue weighted by Crippen LogP contribution is -1.96. The summed E-state index contributed by atoms with van der Waals surface area (Å²) in [7, 11) is 0. The highest BCUT2D eigenvalue weighted by Gasteiger charge is 2.11. The minimum absolute atomic E-state index is 0.425. The zero-order chi connectivity index (χ0) is 14.8. The second-order valence-electron chi connectivity index (χ2n) is 4.82. The molecule has 0 N–H and O–H groups in total. The molecule has 104 valence electrons. The molecule has 0 spiro atoms. The molecule has 0 atom stereocenters. The summed E-state index contributed by atoms with van der Waals surface area (Å²) in [6.07, 6.45) is 2.53. The molecule has 0 unspecified atom stereocenters. The summed E-state index contributed by atoms with van der Waals surface area (Å²) < 4.78 is 2.95. The number of carbonyl (C=O) groups is 1. The standard InChI is InChI=1S/C17H13BrN2O/c1-12-3-2-4-13(9-12)17-19-15(11-21)10-20(17)16-7-5-14(18)6-8-16/h2-11H,1H3. The second-order valence-corrected chi connectivity index (χ2v) is 5.74. The molecule has 4 heteroatoms. The maximum Gasteiger partial charge on any atom is 0.170 e. The SMILES string of the molecule is Cc1cccc(-c2nc(C=O)cn2-c2ccc(Br)cc2)c1. The molecule has 0 amide bonds. The van der Waals surface area contributed by atoms with Gasteiger partial charge in [-0.2, -0.15) is 0 Å². The topological polar surface area (TPSA) is 34.9 Å². The van der Waals surface area contributed by atoms with E-state index in [1.807, 2.05) is 54.0 Å².